The molecule has 1 aromatic heterocycles. The van der Waals surface area contributed by atoms with Crippen LogP contribution in [0, 0.1) is 6.92 Å². The van der Waals surface area contributed by atoms with Crippen molar-refractivity contribution in [3.63, 3.8) is 0 Å². The molecule has 154 valence electrons. The van der Waals surface area contributed by atoms with Crippen LogP contribution in [0.2, 0.25) is 0 Å². The molecule has 1 heterocycles. The Morgan fingerprint density at radius 2 is 1.76 bits per heavy atom. The summed E-state index contributed by atoms with van der Waals surface area (Å²) in [5.41, 5.74) is 0.850. The minimum absolute atomic E-state index is 0.0131. The van der Waals surface area contributed by atoms with E-state index in [1.54, 1.807) is 6.07 Å². The second-order valence-corrected chi connectivity index (χ2v) is 7.62. The Morgan fingerprint density at radius 3 is 2.38 bits per heavy atom. The second-order valence-electron chi connectivity index (χ2n) is 6.33. The fraction of sp³-hybridized carbons (Fsp3) is 0.333. The van der Waals surface area contributed by atoms with Crippen LogP contribution < -0.4 is 5.32 Å². The number of esters is 2. The van der Waals surface area contributed by atoms with Crippen LogP contribution in [0.1, 0.15) is 33.0 Å². The molecule has 0 bridgehead atoms. The molecule has 1 N–H and O–H groups in total. The van der Waals surface area contributed by atoms with Crippen LogP contribution in [0.15, 0.2) is 42.5 Å². The molecule has 8 heteroatoms. The van der Waals surface area contributed by atoms with Gasteiger partial charge in [0.05, 0.1) is 18.4 Å². The summed E-state index contributed by atoms with van der Waals surface area (Å²) in [5.74, 6) is -2.01. The van der Waals surface area contributed by atoms with Crippen LogP contribution in [0.25, 0.3) is 0 Å². The van der Waals surface area contributed by atoms with Gasteiger partial charge in [-0.25, -0.2) is 4.79 Å². The predicted octanol–water partition coefficient (Wildman–Crippen LogP) is 2.46. The smallest absolute Gasteiger partial charge is 0.328 e. The fourth-order valence-corrected chi connectivity index (χ4v) is 3.40. The molecule has 0 saturated carbocycles. The number of methoxy groups -OCH3 is 1. The Morgan fingerprint density at radius 1 is 1.03 bits per heavy atom. The number of carbonyl (C=O) groups excluding carboxylic acids is 4. The van der Waals surface area contributed by atoms with E-state index in [9.17, 15) is 19.2 Å². The number of hydrogen-bond acceptors (Lipinski definition) is 7. The molecule has 0 spiro atoms. The van der Waals surface area contributed by atoms with E-state index in [2.05, 4.69) is 5.32 Å². The van der Waals surface area contributed by atoms with Crippen molar-refractivity contribution in [3.8, 4) is 0 Å². The summed E-state index contributed by atoms with van der Waals surface area (Å²) in [6, 6.07) is 11.8. The van der Waals surface area contributed by atoms with Crippen molar-refractivity contribution in [2.45, 2.75) is 32.2 Å². The van der Waals surface area contributed by atoms with Gasteiger partial charge in [0, 0.05) is 17.7 Å². The van der Waals surface area contributed by atoms with Crippen LogP contribution in [-0.4, -0.2) is 43.4 Å². The highest BCUT2D eigenvalue weighted by molar-refractivity contribution is 7.14. The molecule has 1 amide bonds. The number of carbonyl (C=O) groups is 4. The van der Waals surface area contributed by atoms with E-state index in [0.717, 1.165) is 10.4 Å². The number of Topliss-reactive ketones (excluding diaryl/α,β-unsaturated/α-hetero) is 1. The van der Waals surface area contributed by atoms with Crippen LogP contribution >= 0.6 is 11.3 Å². The van der Waals surface area contributed by atoms with Crippen LogP contribution in [0.5, 0.6) is 0 Å². The molecule has 2 aromatic rings. The van der Waals surface area contributed by atoms with Gasteiger partial charge in [-0.05, 0) is 24.6 Å². The van der Waals surface area contributed by atoms with Gasteiger partial charge in [-0.15, -0.1) is 11.3 Å². The van der Waals surface area contributed by atoms with Gasteiger partial charge in [-0.2, -0.15) is 0 Å². The number of ketones is 1. The molecule has 0 aliphatic rings. The molecule has 2 rings (SSSR count). The molecule has 0 fully saturated rings. The summed E-state index contributed by atoms with van der Waals surface area (Å²) in [7, 11) is 1.23. The molecule has 0 aliphatic heterocycles. The van der Waals surface area contributed by atoms with E-state index in [1.807, 2.05) is 43.3 Å². The van der Waals surface area contributed by atoms with Gasteiger partial charge in [0.2, 0.25) is 0 Å². The minimum Gasteiger partial charge on any atom is -0.467 e. The Hall–Kier alpha value is -3.00. The summed E-state index contributed by atoms with van der Waals surface area (Å²) < 4.78 is 9.63. The molecule has 0 unspecified atom stereocenters. The third kappa shape index (κ3) is 7.50. The van der Waals surface area contributed by atoms with Gasteiger partial charge in [0.1, 0.15) is 6.04 Å². The number of amides is 1. The quantitative estimate of drug-likeness (QED) is 0.471. The van der Waals surface area contributed by atoms with Gasteiger partial charge in [-0.3, -0.25) is 14.4 Å². The average molecular weight is 417 g/mol. The maximum absolute atomic E-state index is 12.1. The molecule has 7 nitrogen and oxygen atoms in total. The molecule has 1 atom stereocenters. The van der Waals surface area contributed by atoms with Crippen LogP contribution in [0.4, 0.5) is 0 Å². The summed E-state index contributed by atoms with van der Waals surface area (Å²) in [5, 5.41) is 2.51. The molecule has 1 aromatic carbocycles. The number of ether oxygens (including phenoxy) is 2. The maximum atomic E-state index is 12.1. The first kappa shape index (κ1) is 22.3. The Bertz CT molecular complexity index is 861. The molecule has 0 radical (unpaired) electrons. The topological polar surface area (TPSA) is 98.8 Å². The lowest BCUT2D eigenvalue weighted by molar-refractivity contribution is -0.150. The zero-order valence-corrected chi connectivity index (χ0v) is 17.1. The van der Waals surface area contributed by atoms with Crippen molar-refractivity contribution >= 4 is 35.0 Å². The molecular formula is C21H23NO6S. The van der Waals surface area contributed by atoms with Crippen molar-refractivity contribution < 1.29 is 28.7 Å². The largest absolute Gasteiger partial charge is 0.467 e. The highest BCUT2D eigenvalue weighted by Crippen LogP contribution is 2.17. The predicted molar refractivity (Wildman–Crippen MR) is 108 cm³/mol. The fourth-order valence-electron chi connectivity index (χ4n) is 2.56. The van der Waals surface area contributed by atoms with Gasteiger partial charge in [-0.1, -0.05) is 30.3 Å². The van der Waals surface area contributed by atoms with E-state index in [4.69, 9.17) is 9.47 Å². The van der Waals surface area contributed by atoms with Crippen LogP contribution in [0.3, 0.4) is 0 Å². The van der Waals surface area contributed by atoms with Crippen molar-refractivity contribution in [1.82, 2.24) is 5.32 Å². The van der Waals surface area contributed by atoms with Gasteiger partial charge in [0.15, 0.2) is 12.4 Å². The summed E-state index contributed by atoms with van der Waals surface area (Å²) in [6.45, 7) is 1.36. The van der Waals surface area contributed by atoms with Gasteiger partial charge >= 0.3 is 11.9 Å². The first-order valence-corrected chi connectivity index (χ1v) is 9.87. The monoisotopic (exact) mass is 417 g/mol. The first-order valence-electron chi connectivity index (χ1n) is 9.05. The highest BCUT2D eigenvalue weighted by Gasteiger charge is 2.22. The first-order chi connectivity index (χ1) is 13.9. The molecular weight excluding hydrogens is 394 g/mol. The average Bonchev–Trinajstić information content (AvgIpc) is 3.16. The van der Waals surface area contributed by atoms with Crippen molar-refractivity contribution in [2.24, 2.45) is 0 Å². The standard InChI is InChI=1S/C21H23NO6S/c1-14-8-10-18(29-14)17(23)9-11-20(25)28-13-19(24)22-16(21(26)27-2)12-15-6-4-3-5-7-15/h3-8,10,16H,9,11-13H2,1-2H3,(H,22,24)/t16-/m0/s1. The Balaban J connectivity index is 1.78. The number of thiophene rings is 1. The SMILES string of the molecule is COC(=O)[C@H](Cc1ccccc1)NC(=O)COC(=O)CCC(=O)c1ccc(C)s1. The lowest BCUT2D eigenvalue weighted by atomic mass is 10.1. The third-order valence-corrected chi connectivity index (χ3v) is 5.08. The van der Waals surface area contributed by atoms with Gasteiger partial charge < -0.3 is 14.8 Å². The number of nitrogens with one attached hydrogen (secondary N) is 1. The second kappa shape index (κ2) is 11.1. The lowest BCUT2D eigenvalue weighted by Crippen LogP contribution is -2.44. The Labute approximate surface area is 173 Å². The molecule has 0 saturated heterocycles. The lowest BCUT2D eigenvalue weighted by Gasteiger charge is -2.16. The number of rotatable bonds is 10. The summed E-state index contributed by atoms with van der Waals surface area (Å²) in [6.07, 6.45) is 0.147. The van der Waals surface area contributed by atoms with Crippen molar-refractivity contribution in [2.75, 3.05) is 13.7 Å². The zero-order chi connectivity index (χ0) is 21.2. The van der Waals surface area contributed by atoms with E-state index in [1.165, 1.54) is 18.4 Å². The van der Waals surface area contributed by atoms with E-state index < -0.39 is 30.5 Å². The Kier molecular flexibility index (Phi) is 8.54. The van der Waals surface area contributed by atoms with Crippen molar-refractivity contribution in [1.29, 1.82) is 0 Å². The number of benzene rings is 1. The third-order valence-electron chi connectivity index (χ3n) is 4.04. The highest BCUT2D eigenvalue weighted by atomic mass is 32.1. The number of hydrogen-bond donors (Lipinski definition) is 1. The minimum atomic E-state index is -0.891. The maximum Gasteiger partial charge on any atom is 0.328 e. The van der Waals surface area contributed by atoms with E-state index in [-0.39, 0.29) is 25.0 Å². The van der Waals surface area contributed by atoms with Gasteiger partial charge in [0.25, 0.3) is 5.91 Å². The van der Waals surface area contributed by atoms with Crippen molar-refractivity contribution in [3.05, 3.63) is 57.8 Å². The normalized spacial score (nSPS) is 11.4. The number of aryl methyl sites for hydroxylation is 1. The zero-order valence-electron chi connectivity index (χ0n) is 16.3. The van der Waals surface area contributed by atoms with E-state index >= 15 is 0 Å². The summed E-state index contributed by atoms with van der Waals surface area (Å²) in [4.78, 5) is 49.4. The van der Waals surface area contributed by atoms with E-state index in [0.29, 0.717) is 4.88 Å². The molecule has 0 aliphatic carbocycles. The molecule has 29 heavy (non-hydrogen) atoms. The summed E-state index contributed by atoms with van der Waals surface area (Å²) >= 11 is 1.37. The van der Waals surface area contributed by atoms with Crippen LogP contribution in [-0.2, 0) is 30.3 Å².